The first kappa shape index (κ1) is 20.3. The molecule has 226 valence electrons. The Hall–Kier alpha value is -5.92. The zero-order chi connectivity index (χ0) is 38.9. The van der Waals surface area contributed by atoms with Gasteiger partial charge in [-0.3, -0.25) is 0 Å². The molecular formula is C47H32O. The smallest absolute Gasteiger partial charge is 0.136 e. The first-order valence-electron chi connectivity index (χ1n) is 20.1. The topological polar surface area (TPSA) is 13.1 Å². The summed E-state index contributed by atoms with van der Waals surface area (Å²) in [7, 11) is 0. The van der Waals surface area contributed by atoms with Gasteiger partial charge in [-0.1, -0.05) is 159 Å². The second kappa shape index (κ2) is 10.0. The number of hydrogen-bond acceptors (Lipinski definition) is 1. The summed E-state index contributed by atoms with van der Waals surface area (Å²) in [6.45, 7) is 4.48. The summed E-state index contributed by atoms with van der Waals surface area (Å²) in [6.07, 6.45) is 0. The maximum Gasteiger partial charge on any atom is 0.136 e. The molecule has 8 aromatic carbocycles. The van der Waals surface area contributed by atoms with Gasteiger partial charge in [0, 0.05) is 16.2 Å². The van der Waals surface area contributed by atoms with Gasteiger partial charge in [-0.2, -0.15) is 0 Å². The third-order valence-electron chi connectivity index (χ3n) is 10.1. The minimum atomic E-state index is -0.434. The van der Waals surface area contributed by atoms with Gasteiger partial charge in [-0.15, -0.1) is 0 Å². The molecule has 1 aliphatic carbocycles. The largest absolute Gasteiger partial charge is 0.456 e. The van der Waals surface area contributed by atoms with Gasteiger partial charge in [0.05, 0.1) is 11.0 Å². The van der Waals surface area contributed by atoms with Crippen LogP contribution in [0.25, 0.3) is 88.0 Å². The van der Waals surface area contributed by atoms with Crippen molar-refractivity contribution in [1.82, 2.24) is 0 Å². The lowest BCUT2D eigenvalue weighted by Crippen LogP contribution is -2.16. The normalized spacial score (nSPS) is 15.7. The molecule has 0 N–H and O–H groups in total. The Morgan fingerprint density at radius 2 is 1.00 bits per heavy atom. The zero-order valence-corrected chi connectivity index (χ0v) is 26.3. The monoisotopic (exact) mass is 620 g/mol. The summed E-state index contributed by atoms with van der Waals surface area (Å²) in [4.78, 5) is 0. The van der Waals surface area contributed by atoms with Gasteiger partial charge in [-0.05, 0) is 89.3 Å². The molecule has 0 saturated carbocycles. The fraction of sp³-hybridized carbons (Fsp3) is 0.0638. The van der Waals surface area contributed by atoms with Crippen LogP contribution >= 0.6 is 0 Å². The molecule has 0 atom stereocenters. The highest BCUT2D eigenvalue weighted by Gasteiger charge is 2.37. The summed E-state index contributed by atoms with van der Waals surface area (Å²) >= 11 is 0. The van der Waals surface area contributed by atoms with Crippen molar-refractivity contribution in [2.24, 2.45) is 0 Å². The van der Waals surface area contributed by atoms with E-state index < -0.39 is 24.2 Å². The molecule has 48 heavy (non-hydrogen) atoms. The average molecular weight is 621 g/mol. The van der Waals surface area contributed by atoms with E-state index in [1.54, 1.807) is 6.07 Å². The molecule has 9 aromatic rings. The third kappa shape index (κ3) is 3.73. The predicted molar refractivity (Wildman–Crippen MR) is 203 cm³/mol. The van der Waals surface area contributed by atoms with E-state index >= 15 is 0 Å². The molecule has 1 heteroatoms. The zero-order valence-electron chi connectivity index (χ0n) is 34.3. The first-order chi connectivity index (χ1) is 26.9. The molecule has 0 spiro atoms. The van der Waals surface area contributed by atoms with E-state index in [9.17, 15) is 5.48 Å². The molecule has 1 nitrogen and oxygen atoms in total. The van der Waals surface area contributed by atoms with Crippen LogP contribution in [0.15, 0.2) is 162 Å². The number of hydrogen-bond donors (Lipinski definition) is 0. The van der Waals surface area contributed by atoms with Crippen LogP contribution in [-0.4, -0.2) is 0 Å². The predicted octanol–water partition coefficient (Wildman–Crippen LogP) is 13.2. The van der Waals surface area contributed by atoms with Crippen LogP contribution in [0.1, 0.15) is 35.9 Å². The molecule has 0 fully saturated rings. The fourth-order valence-corrected chi connectivity index (χ4v) is 8.07. The fourth-order valence-electron chi connectivity index (χ4n) is 8.07. The van der Waals surface area contributed by atoms with Gasteiger partial charge in [0.15, 0.2) is 0 Å². The minimum absolute atomic E-state index is 0.172. The van der Waals surface area contributed by atoms with E-state index in [2.05, 4.69) is 56.3 Å². The minimum Gasteiger partial charge on any atom is -0.456 e. The summed E-state index contributed by atoms with van der Waals surface area (Å²) in [6, 6.07) is 32.7. The number of furan rings is 1. The Labute approximate surface area is 291 Å². The van der Waals surface area contributed by atoms with Crippen LogP contribution in [0.5, 0.6) is 0 Å². The molecule has 1 aliphatic rings. The lowest BCUT2D eigenvalue weighted by atomic mass is 9.78. The van der Waals surface area contributed by atoms with Crippen molar-refractivity contribution >= 4 is 43.5 Å². The molecule has 1 aromatic heterocycles. The standard InChI is InChI=1S/C47H32O/c1-47(2)40-22-9-7-13-32(40)37-20-11-19-31(46(37)47)29-25-27-30(28-26-29)43-33-14-3-5-16-35(33)44(36-17-6-4-15-34(36)43)39-21-12-24-42-45(39)38-18-8-10-23-41(38)48-42/h3-28H,1-2H3/i3D,4D,5D,6D,14D,15D,16D,17D. The van der Waals surface area contributed by atoms with Crippen molar-refractivity contribution in [2.45, 2.75) is 19.3 Å². The number of para-hydroxylation sites is 1. The maximum atomic E-state index is 9.41. The Bertz CT molecular complexity index is 3110. The van der Waals surface area contributed by atoms with Crippen LogP contribution in [0, 0.1) is 0 Å². The molecule has 10 rings (SSSR count). The Kier molecular flexibility index (Phi) is 4.25. The molecule has 1 heterocycles. The number of rotatable bonds is 3. The third-order valence-corrected chi connectivity index (χ3v) is 10.1. The SMILES string of the molecule is [2H]c1c([2H])c([2H])c2c(-c3cccc4oc5ccccc5c34)c3c([2H])c([2H])c([2H])c([2H])c3c(-c3ccc(-c4cccc5c4C(C)(C)c4ccccc4-5)cc3)c2c1[2H]. The summed E-state index contributed by atoms with van der Waals surface area (Å²) in [5.41, 5.74) is 9.56. The van der Waals surface area contributed by atoms with E-state index in [1.807, 2.05) is 60.7 Å². The quantitative estimate of drug-likeness (QED) is 0.179. The second-order valence-electron chi connectivity index (χ2n) is 13.0. The summed E-state index contributed by atoms with van der Waals surface area (Å²) < 4.78 is 79.2. The van der Waals surface area contributed by atoms with Crippen LogP contribution in [0.4, 0.5) is 0 Å². The van der Waals surface area contributed by atoms with E-state index in [1.165, 1.54) is 22.3 Å². The van der Waals surface area contributed by atoms with E-state index in [0.29, 0.717) is 38.8 Å². The van der Waals surface area contributed by atoms with Gasteiger partial charge in [0.25, 0.3) is 0 Å². The molecule has 0 unspecified atom stereocenters. The molecule has 0 saturated heterocycles. The van der Waals surface area contributed by atoms with Gasteiger partial charge in [0.2, 0.25) is 0 Å². The van der Waals surface area contributed by atoms with E-state index in [0.717, 1.165) is 16.5 Å². The summed E-state index contributed by atoms with van der Waals surface area (Å²) in [5, 5.41) is 2.16. The highest BCUT2D eigenvalue weighted by molar-refractivity contribution is 6.25. The van der Waals surface area contributed by atoms with Crippen molar-refractivity contribution in [3.63, 3.8) is 0 Å². The van der Waals surface area contributed by atoms with Crippen molar-refractivity contribution in [1.29, 1.82) is 0 Å². The molecule has 0 amide bonds. The van der Waals surface area contributed by atoms with E-state index in [4.69, 9.17) is 9.90 Å². The van der Waals surface area contributed by atoms with Gasteiger partial charge < -0.3 is 4.42 Å². The highest BCUT2D eigenvalue weighted by Crippen LogP contribution is 2.52. The van der Waals surface area contributed by atoms with Crippen LogP contribution in [-0.2, 0) is 5.41 Å². The van der Waals surface area contributed by atoms with Crippen molar-refractivity contribution in [3.05, 3.63) is 169 Å². The van der Waals surface area contributed by atoms with Crippen LogP contribution < -0.4 is 0 Å². The Morgan fingerprint density at radius 1 is 0.458 bits per heavy atom. The summed E-state index contributed by atoms with van der Waals surface area (Å²) in [5.74, 6) is 0. The van der Waals surface area contributed by atoms with E-state index in [-0.39, 0.29) is 51.1 Å². The maximum absolute atomic E-state index is 9.41. The first-order valence-corrected chi connectivity index (χ1v) is 16.1. The highest BCUT2D eigenvalue weighted by atomic mass is 16.3. The number of benzene rings is 8. The van der Waals surface area contributed by atoms with Crippen LogP contribution in [0.3, 0.4) is 0 Å². The van der Waals surface area contributed by atoms with Crippen molar-refractivity contribution in [3.8, 4) is 44.5 Å². The van der Waals surface area contributed by atoms with Gasteiger partial charge in [-0.25, -0.2) is 0 Å². The lowest BCUT2D eigenvalue weighted by Gasteiger charge is -2.24. The van der Waals surface area contributed by atoms with Gasteiger partial charge >= 0.3 is 0 Å². The molecular weight excluding hydrogens is 581 g/mol. The van der Waals surface area contributed by atoms with Crippen molar-refractivity contribution in [2.75, 3.05) is 0 Å². The molecule has 0 aliphatic heterocycles. The lowest BCUT2D eigenvalue weighted by molar-refractivity contribution is 0.662. The molecule has 0 radical (unpaired) electrons. The molecule has 0 bridgehead atoms. The van der Waals surface area contributed by atoms with Crippen molar-refractivity contribution < 1.29 is 15.4 Å². The number of fused-ring (bicyclic) bond motifs is 8. The Morgan fingerprint density at radius 3 is 1.75 bits per heavy atom. The average Bonchev–Trinajstić information content (AvgIpc) is 3.72. The Balaban J connectivity index is 1.33. The second-order valence-corrected chi connectivity index (χ2v) is 13.0. The van der Waals surface area contributed by atoms with Gasteiger partial charge in [0.1, 0.15) is 11.2 Å². The van der Waals surface area contributed by atoms with Crippen LogP contribution in [0.2, 0.25) is 0 Å².